The van der Waals surface area contributed by atoms with Gasteiger partial charge < -0.3 is 15.2 Å². The molecule has 0 aliphatic heterocycles. The highest BCUT2D eigenvalue weighted by Crippen LogP contribution is 2.23. The Bertz CT molecular complexity index is 442. The van der Waals surface area contributed by atoms with Gasteiger partial charge >= 0.3 is 5.97 Å². The maximum absolute atomic E-state index is 11.2. The molecule has 112 valence electrons. The molecule has 0 saturated carbocycles. The van der Waals surface area contributed by atoms with Gasteiger partial charge in [-0.05, 0) is 43.6 Å². The molecule has 1 unspecified atom stereocenters. The highest BCUT2D eigenvalue weighted by Gasteiger charge is 2.17. The van der Waals surface area contributed by atoms with Crippen molar-refractivity contribution in [3.63, 3.8) is 0 Å². The molecule has 2 N–H and O–H groups in total. The molecule has 0 aliphatic carbocycles. The van der Waals surface area contributed by atoms with Crippen LogP contribution in [-0.4, -0.2) is 35.7 Å². The maximum atomic E-state index is 11.2. The highest BCUT2D eigenvalue weighted by atomic mass is 79.9. The summed E-state index contributed by atoms with van der Waals surface area (Å²) in [4.78, 5) is 11.2. The summed E-state index contributed by atoms with van der Waals surface area (Å²) >= 11 is 5.07. The van der Waals surface area contributed by atoms with Crippen LogP contribution in [0, 0.1) is 0 Å². The average molecular weight is 362 g/mol. The number of aliphatic carboxylic acids is 1. The van der Waals surface area contributed by atoms with Gasteiger partial charge in [-0.2, -0.15) is 11.8 Å². The molecule has 4 nitrogen and oxygen atoms in total. The van der Waals surface area contributed by atoms with Gasteiger partial charge in [0.15, 0.2) is 0 Å². The molecule has 0 aromatic heterocycles. The van der Waals surface area contributed by atoms with Gasteiger partial charge in [-0.15, -0.1) is 0 Å². The number of thioether (sulfide) groups is 1. The van der Waals surface area contributed by atoms with Gasteiger partial charge in [-0.3, -0.25) is 4.79 Å². The van der Waals surface area contributed by atoms with E-state index in [1.54, 1.807) is 11.8 Å². The predicted molar refractivity (Wildman–Crippen MR) is 86.6 cm³/mol. The lowest BCUT2D eigenvalue weighted by atomic mass is 10.1. The minimum absolute atomic E-state index is 0.472. The molecule has 1 atom stereocenters. The molecule has 0 fully saturated rings. The SMILES string of the molecule is CCOc1ccc(Br)cc1CNC(CCSC)C(=O)O. The van der Waals surface area contributed by atoms with E-state index in [1.165, 1.54) is 0 Å². The lowest BCUT2D eigenvalue weighted by molar-refractivity contribution is -0.139. The Morgan fingerprint density at radius 3 is 2.90 bits per heavy atom. The largest absolute Gasteiger partial charge is 0.494 e. The Kier molecular flexibility index (Phi) is 8.02. The first kappa shape index (κ1) is 17.3. The van der Waals surface area contributed by atoms with Gasteiger partial charge in [0.1, 0.15) is 11.8 Å². The topological polar surface area (TPSA) is 58.6 Å². The number of hydrogen-bond acceptors (Lipinski definition) is 4. The molecule has 1 aromatic carbocycles. The Morgan fingerprint density at radius 1 is 1.55 bits per heavy atom. The van der Waals surface area contributed by atoms with Crippen molar-refractivity contribution in [1.82, 2.24) is 5.32 Å². The van der Waals surface area contributed by atoms with E-state index in [9.17, 15) is 9.90 Å². The van der Waals surface area contributed by atoms with E-state index < -0.39 is 12.0 Å². The van der Waals surface area contributed by atoms with Crippen LogP contribution in [-0.2, 0) is 11.3 Å². The fourth-order valence-corrected chi connectivity index (χ4v) is 2.64. The third-order valence-electron chi connectivity index (χ3n) is 2.77. The molecule has 1 aromatic rings. The second-order valence-electron chi connectivity index (χ2n) is 4.24. The van der Waals surface area contributed by atoms with Gasteiger partial charge in [-0.1, -0.05) is 15.9 Å². The van der Waals surface area contributed by atoms with Gasteiger partial charge in [0.05, 0.1) is 6.61 Å². The molecule has 0 radical (unpaired) electrons. The minimum atomic E-state index is -0.813. The molecule has 1 rings (SSSR count). The summed E-state index contributed by atoms with van der Waals surface area (Å²) in [6.07, 6.45) is 2.58. The zero-order valence-corrected chi connectivity index (χ0v) is 14.1. The fraction of sp³-hybridized carbons (Fsp3) is 0.500. The van der Waals surface area contributed by atoms with Crippen LogP contribution in [0.5, 0.6) is 5.75 Å². The van der Waals surface area contributed by atoms with Gasteiger partial charge in [0.25, 0.3) is 0 Å². The fourth-order valence-electron chi connectivity index (χ4n) is 1.76. The normalized spacial score (nSPS) is 12.2. The van der Waals surface area contributed by atoms with Crippen LogP contribution in [0.25, 0.3) is 0 Å². The van der Waals surface area contributed by atoms with Gasteiger partial charge in [-0.25, -0.2) is 0 Å². The van der Waals surface area contributed by atoms with Crippen molar-refractivity contribution in [2.24, 2.45) is 0 Å². The van der Waals surface area contributed by atoms with E-state index in [1.807, 2.05) is 31.4 Å². The van der Waals surface area contributed by atoms with Crippen LogP contribution in [0.2, 0.25) is 0 Å². The molecule has 0 heterocycles. The van der Waals surface area contributed by atoms with Crippen molar-refractivity contribution < 1.29 is 14.6 Å². The van der Waals surface area contributed by atoms with Crippen molar-refractivity contribution >= 4 is 33.7 Å². The number of hydrogen-bond donors (Lipinski definition) is 2. The highest BCUT2D eigenvalue weighted by molar-refractivity contribution is 9.10. The number of benzene rings is 1. The van der Waals surface area contributed by atoms with Crippen LogP contribution in [0.3, 0.4) is 0 Å². The summed E-state index contributed by atoms with van der Waals surface area (Å²) in [5, 5.41) is 12.3. The lowest BCUT2D eigenvalue weighted by Crippen LogP contribution is -2.36. The van der Waals surface area contributed by atoms with E-state index in [0.717, 1.165) is 21.5 Å². The Morgan fingerprint density at radius 2 is 2.30 bits per heavy atom. The number of carboxylic acid groups (broad SMARTS) is 1. The van der Waals surface area contributed by atoms with Crippen molar-refractivity contribution in [2.45, 2.75) is 25.9 Å². The summed E-state index contributed by atoms with van der Waals surface area (Å²) in [6.45, 7) is 2.99. The van der Waals surface area contributed by atoms with E-state index >= 15 is 0 Å². The van der Waals surface area contributed by atoms with E-state index in [0.29, 0.717) is 19.6 Å². The summed E-state index contributed by atoms with van der Waals surface area (Å²) < 4.78 is 6.51. The molecule has 0 amide bonds. The lowest BCUT2D eigenvalue weighted by Gasteiger charge is -2.16. The minimum Gasteiger partial charge on any atom is -0.494 e. The first-order valence-corrected chi connectivity index (χ1v) is 8.63. The van der Waals surface area contributed by atoms with E-state index in [4.69, 9.17) is 4.74 Å². The second kappa shape index (κ2) is 9.26. The van der Waals surface area contributed by atoms with E-state index in [2.05, 4.69) is 21.2 Å². The Balaban J connectivity index is 2.70. The van der Waals surface area contributed by atoms with Gasteiger partial charge in [0.2, 0.25) is 0 Å². The molecule has 0 spiro atoms. The van der Waals surface area contributed by atoms with Crippen LogP contribution in [0.15, 0.2) is 22.7 Å². The van der Waals surface area contributed by atoms with Crippen molar-refractivity contribution in [1.29, 1.82) is 0 Å². The van der Waals surface area contributed by atoms with Crippen molar-refractivity contribution in [3.8, 4) is 5.75 Å². The summed E-state index contributed by atoms with van der Waals surface area (Å²) in [5.74, 6) is 0.796. The third kappa shape index (κ3) is 5.73. The number of carbonyl (C=O) groups is 1. The predicted octanol–water partition coefficient (Wildman–Crippen LogP) is 3.14. The monoisotopic (exact) mass is 361 g/mol. The number of ether oxygens (including phenoxy) is 1. The summed E-state index contributed by atoms with van der Waals surface area (Å²) in [7, 11) is 0. The van der Waals surface area contributed by atoms with Gasteiger partial charge in [0, 0.05) is 16.6 Å². The number of nitrogens with one attached hydrogen (secondary N) is 1. The Labute approximate surface area is 132 Å². The van der Waals surface area contributed by atoms with Crippen LogP contribution < -0.4 is 10.1 Å². The first-order valence-electron chi connectivity index (χ1n) is 6.44. The molecule has 20 heavy (non-hydrogen) atoms. The van der Waals surface area contributed by atoms with Crippen LogP contribution in [0.1, 0.15) is 18.9 Å². The molecular weight excluding hydrogens is 342 g/mol. The summed E-state index contributed by atoms with van der Waals surface area (Å²) in [6, 6.07) is 5.22. The number of halogens is 1. The number of carboxylic acids is 1. The van der Waals surface area contributed by atoms with E-state index in [-0.39, 0.29) is 0 Å². The zero-order chi connectivity index (χ0) is 15.0. The average Bonchev–Trinajstić information content (AvgIpc) is 2.41. The second-order valence-corrected chi connectivity index (χ2v) is 6.14. The molecule has 6 heteroatoms. The molecule has 0 aliphatic rings. The molecular formula is C14H20BrNO3S. The molecule has 0 bridgehead atoms. The quantitative estimate of drug-likeness (QED) is 0.707. The van der Waals surface area contributed by atoms with Crippen molar-refractivity contribution in [2.75, 3.05) is 18.6 Å². The van der Waals surface area contributed by atoms with Crippen LogP contribution >= 0.6 is 27.7 Å². The Hall–Kier alpha value is -0.720. The molecule has 0 saturated heterocycles. The van der Waals surface area contributed by atoms with Crippen LogP contribution in [0.4, 0.5) is 0 Å². The smallest absolute Gasteiger partial charge is 0.320 e. The third-order valence-corrected chi connectivity index (χ3v) is 3.91. The summed E-state index contributed by atoms with van der Waals surface area (Å²) in [5.41, 5.74) is 0.955. The number of rotatable bonds is 9. The first-order chi connectivity index (χ1) is 9.58. The standard InChI is InChI=1S/C14H20BrNO3S/c1-3-19-13-5-4-11(15)8-10(13)9-16-12(14(17)18)6-7-20-2/h4-5,8,12,16H,3,6-7,9H2,1-2H3,(H,17,18). The van der Waals surface area contributed by atoms with Crippen molar-refractivity contribution in [3.05, 3.63) is 28.2 Å². The zero-order valence-electron chi connectivity index (χ0n) is 11.7. The maximum Gasteiger partial charge on any atom is 0.320 e.